The molecule has 35 heavy (non-hydrogen) atoms. The van der Waals surface area contributed by atoms with Gasteiger partial charge in [-0.2, -0.15) is 0 Å². The average molecular weight is 515 g/mol. The van der Waals surface area contributed by atoms with Crippen LogP contribution in [0.5, 0.6) is 0 Å². The molecule has 0 radical (unpaired) electrons. The lowest BCUT2D eigenvalue weighted by atomic mass is 9.98. The zero-order valence-corrected chi connectivity index (χ0v) is 20.9. The molecule has 0 atom stereocenters. The molecule has 0 spiro atoms. The third-order valence-electron chi connectivity index (χ3n) is 6.08. The molecular formula is C26H24ClFN2O4S. The van der Waals surface area contributed by atoms with Gasteiger partial charge < -0.3 is 9.80 Å². The molecule has 0 aliphatic carbocycles. The summed E-state index contributed by atoms with van der Waals surface area (Å²) < 4.78 is 39.0. The van der Waals surface area contributed by atoms with Crippen LogP contribution in [0.4, 0.5) is 10.1 Å². The Kier molecular flexibility index (Phi) is 6.96. The Morgan fingerprint density at radius 3 is 2.20 bits per heavy atom. The summed E-state index contributed by atoms with van der Waals surface area (Å²) >= 11 is 6.38. The number of rotatable bonds is 5. The summed E-state index contributed by atoms with van der Waals surface area (Å²) in [5.74, 6) is -1.02. The van der Waals surface area contributed by atoms with Crippen LogP contribution in [0.2, 0.25) is 5.02 Å². The molecule has 3 aromatic carbocycles. The van der Waals surface area contributed by atoms with Crippen LogP contribution in [-0.4, -0.2) is 57.4 Å². The number of piperazine rings is 1. The highest BCUT2D eigenvalue weighted by Gasteiger charge is 2.27. The highest BCUT2D eigenvalue weighted by molar-refractivity contribution is 7.90. The van der Waals surface area contributed by atoms with E-state index in [2.05, 4.69) is 0 Å². The van der Waals surface area contributed by atoms with Gasteiger partial charge in [0.05, 0.1) is 10.6 Å². The summed E-state index contributed by atoms with van der Waals surface area (Å²) in [6.45, 7) is 2.79. The molecule has 182 valence electrons. The first-order chi connectivity index (χ1) is 16.6. The number of halogens is 2. The maximum absolute atomic E-state index is 14.6. The van der Waals surface area contributed by atoms with Gasteiger partial charge in [0.15, 0.2) is 15.6 Å². The highest BCUT2D eigenvalue weighted by atomic mass is 35.5. The molecule has 1 aliphatic rings. The van der Waals surface area contributed by atoms with Gasteiger partial charge in [-0.05, 0) is 48.9 Å². The Hall–Kier alpha value is -3.23. The van der Waals surface area contributed by atoms with Crippen molar-refractivity contribution in [3.05, 3.63) is 82.6 Å². The number of sulfone groups is 1. The minimum atomic E-state index is -3.54. The predicted molar refractivity (Wildman–Crippen MR) is 135 cm³/mol. The lowest BCUT2D eigenvalue weighted by Gasteiger charge is -2.36. The van der Waals surface area contributed by atoms with E-state index in [1.807, 2.05) is 4.90 Å². The number of amides is 1. The van der Waals surface area contributed by atoms with Crippen molar-refractivity contribution in [1.29, 1.82) is 0 Å². The van der Waals surface area contributed by atoms with Crippen molar-refractivity contribution in [3.63, 3.8) is 0 Å². The molecule has 1 fully saturated rings. The van der Waals surface area contributed by atoms with Crippen molar-refractivity contribution in [1.82, 2.24) is 4.90 Å². The van der Waals surface area contributed by atoms with Gasteiger partial charge in [0.25, 0.3) is 5.91 Å². The van der Waals surface area contributed by atoms with E-state index < -0.39 is 15.7 Å². The SMILES string of the molecule is CC(=O)c1ccc(N2CCN(C(=O)c3cc(S(C)(=O)=O)ccc3-c3ccccc3Cl)CC2)c(F)c1. The third-order valence-corrected chi connectivity index (χ3v) is 7.52. The van der Waals surface area contributed by atoms with E-state index in [9.17, 15) is 22.4 Å². The summed E-state index contributed by atoms with van der Waals surface area (Å²) in [6, 6.07) is 15.9. The van der Waals surface area contributed by atoms with E-state index in [1.54, 1.807) is 47.4 Å². The van der Waals surface area contributed by atoms with E-state index in [0.717, 1.165) is 6.26 Å². The molecule has 0 bridgehead atoms. The number of carbonyl (C=O) groups excluding carboxylic acids is 2. The van der Waals surface area contributed by atoms with Gasteiger partial charge in [0.1, 0.15) is 5.82 Å². The average Bonchev–Trinajstić information content (AvgIpc) is 2.83. The number of nitrogens with zero attached hydrogens (tertiary/aromatic N) is 2. The van der Waals surface area contributed by atoms with Crippen molar-refractivity contribution >= 4 is 38.8 Å². The molecule has 1 aliphatic heterocycles. The normalized spacial score (nSPS) is 14.2. The van der Waals surface area contributed by atoms with Crippen LogP contribution < -0.4 is 4.90 Å². The van der Waals surface area contributed by atoms with Crippen LogP contribution in [0.25, 0.3) is 11.1 Å². The second kappa shape index (κ2) is 9.79. The van der Waals surface area contributed by atoms with Gasteiger partial charge in [-0.15, -0.1) is 0 Å². The Bertz CT molecular complexity index is 1420. The largest absolute Gasteiger partial charge is 0.366 e. The molecule has 1 amide bonds. The fourth-order valence-electron chi connectivity index (χ4n) is 4.15. The molecular weight excluding hydrogens is 491 g/mol. The summed E-state index contributed by atoms with van der Waals surface area (Å²) in [5, 5.41) is 0.447. The molecule has 0 aromatic heterocycles. The van der Waals surface area contributed by atoms with E-state index in [4.69, 9.17) is 11.6 Å². The highest BCUT2D eigenvalue weighted by Crippen LogP contribution is 2.33. The number of anilines is 1. The van der Waals surface area contributed by atoms with Crippen LogP contribution >= 0.6 is 11.6 Å². The van der Waals surface area contributed by atoms with Gasteiger partial charge in [0.2, 0.25) is 0 Å². The standard InChI is InChI=1S/C26H24ClFN2O4S/c1-17(31)18-7-10-25(24(28)15-18)29-11-13-30(14-12-29)26(32)22-16-19(35(2,33)34)8-9-20(22)21-5-3-4-6-23(21)27/h3-10,15-16H,11-14H2,1-2H3. The van der Waals surface area contributed by atoms with E-state index >= 15 is 0 Å². The first-order valence-corrected chi connectivity index (χ1v) is 13.3. The number of Topliss-reactive ketones (excluding diaryl/α,β-unsaturated/α-hetero) is 1. The van der Waals surface area contributed by atoms with Gasteiger partial charge in [-0.1, -0.05) is 35.9 Å². The van der Waals surface area contributed by atoms with E-state index in [-0.39, 0.29) is 22.1 Å². The van der Waals surface area contributed by atoms with E-state index in [0.29, 0.717) is 53.6 Å². The first-order valence-electron chi connectivity index (χ1n) is 11.0. The number of benzene rings is 3. The fraction of sp³-hybridized carbons (Fsp3) is 0.231. The summed E-state index contributed by atoms with van der Waals surface area (Å²) in [5.41, 5.74) is 2.09. The number of carbonyl (C=O) groups is 2. The lowest BCUT2D eigenvalue weighted by Crippen LogP contribution is -2.49. The van der Waals surface area contributed by atoms with Crippen LogP contribution in [0, 0.1) is 5.82 Å². The van der Waals surface area contributed by atoms with Crippen molar-refractivity contribution in [2.75, 3.05) is 37.3 Å². The van der Waals surface area contributed by atoms with Gasteiger partial charge >= 0.3 is 0 Å². The summed E-state index contributed by atoms with van der Waals surface area (Å²) in [6.07, 6.45) is 1.09. The van der Waals surface area contributed by atoms with Crippen molar-refractivity contribution in [2.24, 2.45) is 0 Å². The van der Waals surface area contributed by atoms with Gasteiger partial charge in [-0.3, -0.25) is 9.59 Å². The van der Waals surface area contributed by atoms with Crippen molar-refractivity contribution < 1.29 is 22.4 Å². The van der Waals surface area contributed by atoms with E-state index in [1.165, 1.54) is 25.1 Å². The minimum Gasteiger partial charge on any atom is -0.366 e. The molecule has 1 heterocycles. The fourth-order valence-corrected chi connectivity index (χ4v) is 5.03. The topological polar surface area (TPSA) is 74.8 Å². The molecule has 0 unspecified atom stereocenters. The maximum atomic E-state index is 14.6. The third kappa shape index (κ3) is 5.23. The second-order valence-electron chi connectivity index (χ2n) is 8.46. The molecule has 3 aromatic rings. The van der Waals surface area contributed by atoms with Crippen LogP contribution in [0.15, 0.2) is 65.6 Å². The molecule has 0 N–H and O–H groups in total. The first kappa shape index (κ1) is 24.9. The molecule has 9 heteroatoms. The smallest absolute Gasteiger partial charge is 0.254 e. The maximum Gasteiger partial charge on any atom is 0.254 e. The molecule has 0 saturated carbocycles. The van der Waals surface area contributed by atoms with Gasteiger partial charge in [-0.25, -0.2) is 12.8 Å². The quantitative estimate of drug-likeness (QED) is 0.461. The number of ketones is 1. The summed E-state index contributed by atoms with van der Waals surface area (Å²) in [7, 11) is -3.54. The van der Waals surface area contributed by atoms with Crippen LogP contribution in [0.1, 0.15) is 27.6 Å². The molecule has 6 nitrogen and oxygen atoms in total. The molecule has 4 rings (SSSR count). The van der Waals surface area contributed by atoms with Crippen molar-refractivity contribution in [3.8, 4) is 11.1 Å². The zero-order valence-electron chi connectivity index (χ0n) is 19.3. The Labute approximate surface area is 208 Å². The lowest BCUT2D eigenvalue weighted by molar-refractivity contribution is 0.0747. The number of hydrogen-bond acceptors (Lipinski definition) is 5. The second-order valence-corrected chi connectivity index (χ2v) is 10.9. The Balaban J connectivity index is 1.61. The monoisotopic (exact) mass is 514 g/mol. The summed E-state index contributed by atoms with van der Waals surface area (Å²) in [4.78, 5) is 28.6. The molecule has 1 saturated heterocycles. The Morgan fingerprint density at radius 2 is 1.60 bits per heavy atom. The predicted octanol–water partition coefficient (Wildman–Crippen LogP) is 4.71. The number of hydrogen-bond donors (Lipinski definition) is 0. The zero-order chi connectivity index (χ0) is 25.3. The van der Waals surface area contributed by atoms with Crippen molar-refractivity contribution in [2.45, 2.75) is 11.8 Å². The van der Waals surface area contributed by atoms with Gasteiger partial charge in [0, 0.05) is 54.1 Å². The van der Waals surface area contributed by atoms with Crippen LogP contribution in [-0.2, 0) is 9.84 Å². The Morgan fingerprint density at radius 1 is 0.914 bits per heavy atom. The van der Waals surface area contributed by atoms with Crippen LogP contribution in [0.3, 0.4) is 0 Å². The minimum absolute atomic E-state index is 0.0444.